The summed E-state index contributed by atoms with van der Waals surface area (Å²) in [5.41, 5.74) is 1.36. The molecule has 1 atom stereocenters. The van der Waals surface area contributed by atoms with Crippen molar-refractivity contribution in [2.24, 2.45) is 17.9 Å². The smallest absolute Gasteiger partial charge is 0.101 e. The topological polar surface area (TPSA) is 61.8 Å². The molecule has 2 rings (SSSR count). The van der Waals surface area contributed by atoms with Crippen LogP contribution >= 0.6 is 0 Å². The van der Waals surface area contributed by atoms with E-state index in [-0.39, 0.29) is 5.41 Å². The number of hydrogen-bond acceptors (Lipinski definition) is 3. The SMILES string of the molecule is Cc1c(C(O)C2(C#N)CCC(C)(C)CC2)cnn1C. The number of aromatic nitrogens is 2. The lowest BCUT2D eigenvalue weighted by Crippen LogP contribution is -2.35. The summed E-state index contributed by atoms with van der Waals surface area (Å²) in [5, 5.41) is 24.5. The predicted molar refractivity (Wildman–Crippen MR) is 73.2 cm³/mol. The highest BCUT2D eigenvalue weighted by atomic mass is 16.3. The van der Waals surface area contributed by atoms with E-state index in [0.29, 0.717) is 0 Å². The Morgan fingerprint density at radius 3 is 2.37 bits per heavy atom. The van der Waals surface area contributed by atoms with E-state index in [1.54, 1.807) is 10.9 Å². The van der Waals surface area contributed by atoms with Crippen LogP contribution in [0.2, 0.25) is 0 Å². The van der Waals surface area contributed by atoms with Crippen LogP contribution in [-0.2, 0) is 7.05 Å². The van der Waals surface area contributed by atoms with Crippen LogP contribution in [0.25, 0.3) is 0 Å². The molecule has 19 heavy (non-hydrogen) atoms. The van der Waals surface area contributed by atoms with Gasteiger partial charge in [0, 0.05) is 18.3 Å². The molecular formula is C15H23N3O. The Bertz CT molecular complexity index is 500. The Morgan fingerprint density at radius 2 is 1.95 bits per heavy atom. The van der Waals surface area contributed by atoms with Gasteiger partial charge in [0.1, 0.15) is 6.10 Å². The molecule has 0 spiro atoms. The minimum atomic E-state index is -0.734. The van der Waals surface area contributed by atoms with E-state index in [9.17, 15) is 10.4 Å². The number of aryl methyl sites for hydroxylation is 1. The van der Waals surface area contributed by atoms with Gasteiger partial charge in [0.15, 0.2) is 0 Å². The van der Waals surface area contributed by atoms with Crippen molar-refractivity contribution in [2.75, 3.05) is 0 Å². The first kappa shape index (κ1) is 14.1. The maximum absolute atomic E-state index is 10.7. The molecule has 1 unspecified atom stereocenters. The van der Waals surface area contributed by atoms with E-state index >= 15 is 0 Å². The van der Waals surface area contributed by atoms with Gasteiger partial charge in [0.25, 0.3) is 0 Å². The van der Waals surface area contributed by atoms with Crippen molar-refractivity contribution in [1.82, 2.24) is 9.78 Å². The van der Waals surface area contributed by atoms with Crippen molar-refractivity contribution < 1.29 is 5.11 Å². The molecule has 1 aliphatic rings. The lowest BCUT2D eigenvalue weighted by atomic mass is 9.62. The fraction of sp³-hybridized carbons (Fsp3) is 0.733. The monoisotopic (exact) mass is 261 g/mol. The highest BCUT2D eigenvalue weighted by Crippen LogP contribution is 2.51. The summed E-state index contributed by atoms with van der Waals surface area (Å²) in [7, 11) is 1.86. The lowest BCUT2D eigenvalue weighted by molar-refractivity contribution is 0.00914. The van der Waals surface area contributed by atoms with Crippen molar-refractivity contribution in [3.63, 3.8) is 0 Å². The van der Waals surface area contributed by atoms with E-state index in [4.69, 9.17) is 0 Å². The third-order valence-corrected chi connectivity index (χ3v) is 4.81. The zero-order chi connectivity index (χ0) is 14.3. The number of rotatable bonds is 2. The molecule has 1 aliphatic carbocycles. The van der Waals surface area contributed by atoms with Gasteiger partial charge in [-0.3, -0.25) is 4.68 Å². The maximum Gasteiger partial charge on any atom is 0.101 e. The van der Waals surface area contributed by atoms with Crippen LogP contribution < -0.4 is 0 Å². The number of aliphatic hydroxyl groups excluding tert-OH is 1. The molecule has 0 amide bonds. The van der Waals surface area contributed by atoms with Gasteiger partial charge in [-0.15, -0.1) is 0 Å². The highest BCUT2D eigenvalue weighted by Gasteiger charge is 2.45. The third-order valence-electron chi connectivity index (χ3n) is 4.81. The van der Waals surface area contributed by atoms with Crippen molar-refractivity contribution in [3.05, 3.63) is 17.5 Å². The first-order chi connectivity index (χ1) is 8.81. The molecule has 1 aromatic rings. The van der Waals surface area contributed by atoms with Crippen molar-refractivity contribution in [3.8, 4) is 6.07 Å². The van der Waals surface area contributed by atoms with E-state index in [1.165, 1.54) is 0 Å². The third kappa shape index (κ3) is 2.40. The summed E-state index contributed by atoms with van der Waals surface area (Å²) in [6.07, 6.45) is 4.44. The average Bonchev–Trinajstić information content (AvgIpc) is 2.70. The zero-order valence-electron chi connectivity index (χ0n) is 12.3. The molecule has 4 heteroatoms. The van der Waals surface area contributed by atoms with Gasteiger partial charge >= 0.3 is 0 Å². The van der Waals surface area contributed by atoms with E-state index in [1.807, 2.05) is 14.0 Å². The highest BCUT2D eigenvalue weighted by molar-refractivity contribution is 5.25. The van der Waals surface area contributed by atoms with Crippen LogP contribution in [0.1, 0.15) is 56.9 Å². The standard InChI is InChI=1S/C15H23N3O/c1-11-12(9-17-18(11)4)13(19)15(10-16)7-5-14(2,3)6-8-15/h9,13,19H,5-8H2,1-4H3. The van der Waals surface area contributed by atoms with Crippen molar-refractivity contribution in [1.29, 1.82) is 5.26 Å². The quantitative estimate of drug-likeness (QED) is 0.890. The number of nitrogens with zero attached hydrogens (tertiary/aromatic N) is 3. The minimum Gasteiger partial charge on any atom is -0.387 e. The summed E-state index contributed by atoms with van der Waals surface area (Å²) in [6, 6.07) is 2.40. The van der Waals surface area contributed by atoms with Crippen LogP contribution in [0, 0.1) is 29.1 Å². The van der Waals surface area contributed by atoms with Crippen molar-refractivity contribution >= 4 is 0 Å². The van der Waals surface area contributed by atoms with Crippen LogP contribution in [0.3, 0.4) is 0 Å². The fourth-order valence-electron chi connectivity index (χ4n) is 2.90. The molecule has 0 aliphatic heterocycles. The van der Waals surface area contributed by atoms with Gasteiger partial charge < -0.3 is 5.11 Å². The van der Waals surface area contributed by atoms with Crippen LogP contribution in [0.15, 0.2) is 6.20 Å². The van der Waals surface area contributed by atoms with E-state index in [2.05, 4.69) is 25.0 Å². The molecular weight excluding hydrogens is 238 g/mol. The molecule has 0 saturated heterocycles. The number of aliphatic hydroxyl groups is 1. The van der Waals surface area contributed by atoms with Crippen LogP contribution in [-0.4, -0.2) is 14.9 Å². The van der Waals surface area contributed by atoms with Gasteiger partial charge in [0.05, 0.1) is 17.7 Å². The predicted octanol–water partition coefficient (Wildman–Crippen LogP) is 2.87. The fourth-order valence-corrected chi connectivity index (χ4v) is 2.90. The van der Waals surface area contributed by atoms with Crippen LogP contribution in [0.5, 0.6) is 0 Å². The summed E-state index contributed by atoms with van der Waals surface area (Å²) in [6.45, 7) is 6.40. The molecule has 0 radical (unpaired) electrons. The molecule has 104 valence electrons. The van der Waals surface area contributed by atoms with Gasteiger partial charge in [-0.2, -0.15) is 10.4 Å². The van der Waals surface area contributed by atoms with Crippen LogP contribution in [0.4, 0.5) is 0 Å². The van der Waals surface area contributed by atoms with E-state index in [0.717, 1.165) is 36.9 Å². The Hall–Kier alpha value is -1.34. The number of hydrogen-bond donors (Lipinski definition) is 1. The Labute approximate surface area is 115 Å². The second-order valence-electron chi connectivity index (χ2n) is 6.64. The largest absolute Gasteiger partial charge is 0.387 e. The first-order valence-corrected chi connectivity index (χ1v) is 6.89. The van der Waals surface area contributed by atoms with Gasteiger partial charge in [0.2, 0.25) is 0 Å². The lowest BCUT2D eigenvalue weighted by Gasteiger charge is -2.41. The maximum atomic E-state index is 10.7. The molecule has 1 fully saturated rings. The molecule has 1 saturated carbocycles. The molecule has 0 aromatic carbocycles. The van der Waals surface area contributed by atoms with Gasteiger partial charge in [-0.1, -0.05) is 13.8 Å². The molecule has 4 nitrogen and oxygen atoms in total. The molecule has 1 aromatic heterocycles. The normalized spacial score (nSPS) is 22.7. The van der Waals surface area contributed by atoms with E-state index < -0.39 is 11.5 Å². The van der Waals surface area contributed by atoms with Crippen molar-refractivity contribution in [2.45, 2.75) is 52.6 Å². The second kappa shape index (κ2) is 4.64. The average molecular weight is 261 g/mol. The van der Waals surface area contributed by atoms with Gasteiger partial charge in [-0.05, 0) is 38.0 Å². The summed E-state index contributed by atoms with van der Waals surface area (Å²) in [5.74, 6) is 0. The molecule has 0 bridgehead atoms. The Morgan fingerprint density at radius 1 is 1.37 bits per heavy atom. The summed E-state index contributed by atoms with van der Waals surface area (Å²) >= 11 is 0. The Balaban J connectivity index is 2.28. The minimum absolute atomic E-state index is 0.282. The first-order valence-electron chi connectivity index (χ1n) is 6.89. The van der Waals surface area contributed by atoms with Gasteiger partial charge in [-0.25, -0.2) is 0 Å². The molecule has 1 heterocycles. The Kier molecular flexibility index (Phi) is 3.44. The molecule has 1 N–H and O–H groups in total. The summed E-state index contributed by atoms with van der Waals surface area (Å²) < 4.78 is 1.75. The zero-order valence-corrected chi connectivity index (χ0v) is 12.3. The number of nitriles is 1. The second-order valence-corrected chi connectivity index (χ2v) is 6.64. The summed E-state index contributed by atoms with van der Waals surface area (Å²) in [4.78, 5) is 0.